The zero-order valence-electron chi connectivity index (χ0n) is 13.9. The second-order valence-corrected chi connectivity index (χ2v) is 10.4. The molecule has 6 saturated carbocycles. The maximum absolute atomic E-state index is 10.6. The molecule has 24 heavy (non-hydrogen) atoms. The molecule has 0 amide bonds. The molecule has 0 spiro atoms. The molecule has 0 radical (unpaired) electrons. The lowest BCUT2D eigenvalue weighted by molar-refractivity contribution is -0.147. The summed E-state index contributed by atoms with van der Waals surface area (Å²) >= 11 is 0. The van der Waals surface area contributed by atoms with Crippen molar-refractivity contribution in [1.82, 2.24) is 0 Å². The number of fused-ring (bicyclic) bond motifs is 4. The fourth-order valence-corrected chi connectivity index (χ4v) is 11.1. The van der Waals surface area contributed by atoms with Crippen molar-refractivity contribution in [1.29, 1.82) is 0 Å². The second kappa shape index (κ2) is 3.49. The highest BCUT2D eigenvalue weighted by atomic mass is 16.5. The number of hydrogen-bond acceptors (Lipinski definition) is 4. The van der Waals surface area contributed by atoms with Crippen LogP contribution in [0.15, 0.2) is 0 Å². The van der Waals surface area contributed by atoms with Crippen LogP contribution >= 0.6 is 0 Å². The number of aliphatic hydroxyl groups is 2. The van der Waals surface area contributed by atoms with Crippen molar-refractivity contribution in [2.45, 2.75) is 49.1 Å². The predicted molar refractivity (Wildman–Crippen MR) is 82.7 cm³/mol. The van der Waals surface area contributed by atoms with Crippen LogP contribution in [0.25, 0.3) is 0 Å². The van der Waals surface area contributed by atoms with Crippen molar-refractivity contribution in [3.05, 3.63) is 0 Å². The maximum Gasteiger partial charge on any atom is 0.0983 e. The molecule has 4 heteroatoms. The maximum atomic E-state index is 10.6. The number of aliphatic hydroxyl groups excluding tert-OH is 2. The SMILES string of the molecule is OC[C@]12O[C@H]3CC[C@H]4[C@@H]3[C@@H]1[C@@H]1[C@H]3[C@H]5[C@H]6[C@@H](CC[C@H]6O[C@@]5(CO)[C@@H]41)[C@H]32. The lowest BCUT2D eigenvalue weighted by Gasteiger charge is -2.38. The average Bonchev–Trinajstić information content (AvgIpc) is 3.36. The molecule has 0 aromatic rings. The summed E-state index contributed by atoms with van der Waals surface area (Å²) in [4.78, 5) is 0. The molecule has 0 bridgehead atoms. The number of rotatable bonds is 2. The minimum Gasteiger partial charge on any atom is -0.393 e. The Morgan fingerprint density at radius 3 is 1.50 bits per heavy atom. The van der Waals surface area contributed by atoms with E-state index in [1.807, 2.05) is 0 Å². The minimum absolute atomic E-state index is 0.232. The first-order chi connectivity index (χ1) is 11.8. The zero-order chi connectivity index (χ0) is 15.6. The second-order valence-electron chi connectivity index (χ2n) is 10.4. The normalized spacial score (nSPS) is 77.2. The van der Waals surface area contributed by atoms with E-state index >= 15 is 0 Å². The van der Waals surface area contributed by atoms with Crippen molar-refractivity contribution >= 4 is 0 Å². The van der Waals surface area contributed by atoms with Crippen molar-refractivity contribution < 1.29 is 19.7 Å². The van der Waals surface area contributed by atoms with Gasteiger partial charge in [-0.15, -0.1) is 0 Å². The van der Waals surface area contributed by atoms with Gasteiger partial charge in [-0.3, -0.25) is 0 Å². The third kappa shape index (κ3) is 0.915. The summed E-state index contributed by atoms with van der Waals surface area (Å²) in [6.45, 7) is 0.463. The molecule has 130 valence electrons. The van der Waals surface area contributed by atoms with Crippen LogP contribution in [0.2, 0.25) is 0 Å². The molecule has 8 rings (SSSR count). The molecule has 0 unspecified atom stereocenters. The van der Waals surface area contributed by atoms with E-state index in [0.29, 0.717) is 71.4 Å². The van der Waals surface area contributed by atoms with Crippen LogP contribution in [0.4, 0.5) is 0 Å². The molecule has 2 N–H and O–H groups in total. The third-order valence-electron chi connectivity index (χ3n) is 10.8. The van der Waals surface area contributed by atoms with Crippen molar-refractivity contribution in [3.63, 3.8) is 0 Å². The van der Waals surface area contributed by atoms with Gasteiger partial charge in [0.2, 0.25) is 0 Å². The lowest BCUT2D eigenvalue weighted by atomic mass is 9.72. The first-order valence-electron chi connectivity index (χ1n) is 10.3. The Hall–Kier alpha value is -0.160. The Kier molecular flexibility index (Phi) is 1.90. The minimum atomic E-state index is -0.233. The summed E-state index contributed by atoms with van der Waals surface area (Å²) in [6.07, 6.45) is 5.59. The summed E-state index contributed by atoms with van der Waals surface area (Å²) in [5.74, 6) is 6.15. The highest BCUT2D eigenvalue weighted by Gasteiger charge is 2.89. The Bertz CT molecular complexity index is 610. The molecule has 2 heterocycles. The predicted octanol–water partition coefficient (Wildman–Crippen LogP) is 1.05. The molecule has 0 aromatic heterocycles. The van der Waals surface area contributed by atoms with Gasteiger partial charge in [-0.05, 0) is 84.9 Å². The van der Waals surface area contributed by atoms with E-state index in [9.17, 15) is 10.2 Å². The van der Waals surface area contributed by atoms with Gasteiger partial charge in [0.25, 0.3) is 0 Å². The summed E-state index contributed by atoms with van der Waals surface area (Å²) < 4.78 is 13.6. The van der Waals surface area contributed by atoms with E-state index < -0.39 is 0 Å². The highest BCUT2D eigenvalue weighted by molar-refractivity contribution is 5.36. The first kappa shape index (κ1) is 13.1. The van der Waals surface area contributed by atoms with Gasteiger partial charge in [0.05, 0.1) is 36.6 Å². The van der Waals surface area contributed by atoms with Gasteiger partial charge in [-0.1, -0.05) is 0 Å². The molecule has 2 aliphatic heterocycles. The molecular formula is C20H26O4. The van der Waals surface area contributed by atoms with Crippen molar-refractivity contribution in [3.8, 4) is 0 Å². The van der Waals surface area contributed by atoms with E-state index in [1.165, 1.54) is 12.8 Å². The van der Waals surface area contributed by atoms with E-state index in [2.05, 4.69) is 0 Å². The van der Waals surface area contributed by atoms with Crippen LogP contribution in [-0.2, 0) is 9.47 Å². The largest absolute Gasteiger partial charge is 0.393 e. The standard InChI is InChI=1S/C20H26O4/c21-5-19-15-7-1-3-9-11(7)17-13(15)14-16(20(17,6-22)23-9)8-2-4-10(24-19)12(8)18(14)19/h7-18,21-22H,1-6H2/t7-,8+,9-,10+,11-,12-,13+,14+,15-,16+,17+,18+,19-,20+/m0/s1. The van der Waals surface area contributed by atoms with Crippen LogP contribution < -0.4 is 0 Å². The monoisotopic (exact) mass is 330 g/mol. The Morgan fingerprint density at radius 1 is 0.625 bits per heavy atom. The van der Waals surface area contributed by atoms with Crippen LogP contribution in [0.5, 0.6) is 0 Å². The fourth-order valence-electron chi connectivity index (χ4n) is 11.1. The van der Waals surface area contributed by atoms with E-state index in [1.54, 1.807) is 0 Å². The van der Waals surface area contributed by atoms with Gasteiger partial charge in [0.1, 0.15) is 0 Å². The molecule has 0 aromatic carbocycles. The van der Waals surface area contributed by atoms with Crippen LogP contribution in [0.1, 0.15) is 25.7 Å². The number of ether oxygens (including phenoxy) is 2. The van der Waals surface area contributed by atoms with Gasteiger partial charge >= 0.3 is 0 Å². The Labute approximate surface area is 141 Å². The van der Waals surface area contributed by atoms with E-state index in [0.717, 1.165) is 12.8 Å². The smallest absolute Gasteiger partial charge is 0.0983 e. The average molecular weight is 330 g/mol. The molecule has 14 atom stereocenters. The van der Waals surface area contributed by atoms with Crippen molar-refractivity contribution in [2.24, 2.45) is 59.2 Å². The van der Waals surface area contributed by atoms with Crippen molar-refractivity contribution in [2.75, 3.05) is 13.2 Å². The zero-order valence-corrected chi connectivity index (χ0v) is 13.9. The molecule has 4 nitrogen and oxygen atoms in total. The van der Waals surface area contributed by atoms with Crippen LogP contribution in [-0.4, -0.2) is 46.8 Å². The topological polar surface area (TPSA) is 58.9 Å². The van der Waals surface area contributed by atoms with Crippen LogP contribution in [0.3, 0.4) is 0 Å². The molecular weight excluding hydrogens is 304 g/mol. The Balaban J connectivity index is 1.44. The third-order valence-corrected chi connectivity index (χ3v) is 10.8. The molecule has 2 saturated heterocycles. The molecule has 6 aliphatic carbocycles. The number of hydrogen-bond donors (Lipinski definition) is 2. The summed E-state index contributed by atoms with van der Waals surface area (Å²) in [6, 6.07) is 0. The summed E-state index contributed by atoms with van der Waals surface area (Å²) in [5.41, 5.74) is -0.465. The highest BCUT2D eigenvalue weighted by Crippen LogP contribution is 2.86. The van der Waals surface area contributed by atoms with Crippen LogP contribution in [0, 0.1) is 59.2 Å². The molecule has 8 fully saturated rings. The lowest BCUT2D eigenvalue weighted by Crippen LogP contribution is -2.48. The van der Waals surface area contributed by atoms with Gasteiger partial charge in [-0.25, -0.2) is 0 Å². The van der Waals surface area contributed by atoms with Gasteiger partial charge in [-0.2, -0.15) is 0 Å². The summed E-state index contributed by atoms with van der Waals surface area (Å²) in [7, 11) is 0. The quantitative estimate of drug-likeness (QED) is 0.795. The molecule has 8 aliphatic rings. The van der Waals surface area contributed by atoms with Gasteiger partial charge in [0, 0.05) is 0 Å². The van der Waals surface area contributed by atoms with Gasteiger partial charge < -0.3 is 19.7 Å². The fraction of sp³-hybridized carbons (Fsp3) is 1.00. The van der Waals surface area contributed by atoms with E-state index in [-0.39, 0.29) is 24.4 Å². The Morgan fingerprint density at radius 2 is 1.08 bits per heavy atom. The first-order valence-corrected chi connectivity index (χ1v) is 10.3. The van der Waals surface area contributed by atoms with E-state index in [4.69, 9.17) is 9.47 Å². The summed E-state index contributed by atoms with van der Waals surface area (Å²) in [5, 5.41) is 21.2. The van der Waals surface area contributed by atoms with Gasteiger partial charge in [0.15, 0.2) is 0 Å².